The summed E-state index contributed by atoms with van der Waals surface area (Å²) in [5.41, 5.74) is 1.88. The summed E-state index contributed by atoms with van der Waals surface area (Å²) in [7, 11) is 0. The molecule has 1 aliphatic rings. The predicted octanol–water partition coefficient (Wildman–Crippen LogP) is 2.45. The summed E-state index contributed by atoms with van der Waals surface area (Å²) in [5, 5.41) is 11.4. The van der Waals surface area contributed by atoms with E-state index in [1.54, 1.807) is 6.20 Å². The van der Waals surface area contributed by atoms with Crippen LogP contribution in [0.15, 0.2) is 12.3 Å². The average Bonchev–Trinajstić information content (AvgIpc) is 3.20. The molecule has 6 heteroatoms. The van der Waals surface area contributed by atoms with Crippen LogP contribution >= 0.6 is 0 Å². The summed E-state index contributed by atoms with van der Waals surface area (Å²) in [6.45, 7) is 5.91. The van der Waals surface area contributed by atoms with E-state index in [0.29, 0.717) is 5.92 Å². The summed E-state index contributed by atoms with van der Waals surface area (Å²) in [6.07, 6.45) is 5.20. The summed E-state index contributed by atoms with van der Waals surface area (Å²) < 4.78 is 1.91. The first kappa shape index (κ1) is 13.0. The number of anilines is 1. The van der Waals surface area contributed by atoms with E-state index in [1.807, 2.05) is 10.7 Å². The second kappa shape index (κ2) is 5.56. The van der Waals surface area contributed by atoms with Crippen LogP contribution < -0.4 is 5.32 Å². The monoisotopic (exact) mass is 272 g/mol. The van der Waals surface area contributed by atoms with Crippen LogP contribution in [-0.4, -0.2) is 31.5 Å². The molecule has 2 aromatic heterocycles. The minimum Gasteiger partial charge on any atom is -0.370 e. The van der Waals surface area contributed by atoms with Gasteiger partial charge in [-0.1, -0.05) is 12.1 Å². The van der Waals surface area contributed by atoms with Crippen LogP contribution in [0.1, 0.15) is 44.9 Å². The van der Waals surface area contributed by atoms with Gasteiger partial charge in [0.1, 0.15) is 17.3 Å². The highest BCUT2D eigenvalue weighted by molar-refractivity contribution is 5.58. The summed E-state index contributed by atoms with van der Waals surface area (Å²) in [4.78, 5) is 9.31. The zero-order chi connectivity index (χ0) is 13.9. The highest BCUT2D eigenvalue weighted by atomic mass is 15.4. The Morgan fingerprint density at radius 3 is 2.85 bits per heavy atom. The van der Waals surface area contributed by atoms with Crippen LogP contribution in [0.4, 0.5) is 5.82 Å². The van der Waals surface area contributed by atoms with Crippen LogP contribution in [0.2, 0.25) is 0 Å². The van der Waals surface area contributed by atoms with Gasteiger partial charge in [-0.25, -0.2) is 14.6 Å². The number of aryl methyl sites for hydroxylation is 1. The van der Waals surface area contributed by atoms with Crippen molar-refractivity contribution in [1.29, 1.82) is 0 Å². The zero-order valence-electron chi connectivity index (χ0n) is 12.0. The van der Waals surface area contributed by atoms with Gasteiger partial charge in [-0.2, -0.15) is 0 Å². The smallest absolute Gasteiger partial charge is 0.134 e. The molecule has 20 heavy (non-hydrogen) atoms. The first-order valence-corrected chi connectivity index (χ1v) is 7.33. The fourth-order valence-corrected chi connectivity index (χ4v) is 2.23. The quantitative estimate of drug-likeness (QED) is 0.874. The van der Waals surface area contributed by atoms with Crippen molar-refractivity contribution in [3.8, 4) is 11.4 Å². The molecule has 2 heterocycles. The molecule has 0 amide bonds. The molecule has 0 spiro atoms. The van der Waals surface area contributed by atoms with Gasteiger partial charge in [0.25, 0.3) is 0 Å². The molecule has 1 saturated carbocycles. The average molecular weight is 272 g/mol. The van der Waals surface area contributed by atoms with Crippen molar-refractivity contribution < 1.29 is 0 Å². The highest BCUT2D eigenvalue weighted by Crippen LogP contribution is 2.39. The maximum absolute atomic E-state index is 4.71. The maximum atomic E-state index is 4.71. The first-order chi connectivity index (χ1) is 9.81. The lowest BCUT2D eigenvalue weighted by Crippen LogP contribution is -2.07. The molecular weight excluding hydrogens is 252 g/mol. The largest absolute Gasteiger partial charge is 0.370 e. The Hall–Kier alpha value is -1.98. The third-order valence-electron chi connectivity index (χ3n) is 3.36. The fourth-order valence-electron chi connectivity index (χ4n) is 2.23. The van der Waals surface area contributed by atoms with Crippen LogP contribution in [0.25, 0.3) is 11.4 Å². The molecule has 0 aliphatic heterocycles. The predicted molar refractivity (Wildman–Crippen MR) is 77.5 cm³/mol. The number of nitrogens with one attached hydrogen (secondary N) is 1. The third kappa shape index (κ3) is 2.64. The van der Waals surface area contributed by atoms with Gasteiger partial charge in [-0.05, 0) is 26.2 Å². The van der Waals surface area contributed by atoms with Crippen molar-refractivity contribution in [3.05, 3.63) is 18.1 Å². The summed E-state index contributed by atoms with van der Waals surface area (Å²) in [6, 6.07) is 1.99. The molecule has 3 rings (SSSR count). The second-order valence-corrected chi connectivity index (χ2v) is 5.14. The van der Waals surface area contributed by atoms with Crippen molar-refractivity contribution >= 4 is 5.82 Å². The van der Waals surface area contributed by atoms with Gasteiger partial charge in [-0.3, -0.25) is 0 Å². The number of rotatable bonds is 6. The van der Waals surface area contributed by atoms with Crippen LogP contribution in [-0.2, 0) is 6.54 Å². The van der Waals surface area contributed by atoms with Crippen LogP contribution in [0.5, 0.6) is 0 Å². The van der Waals surface area contributed by atoms with E-state index in [4.69, 9.17) is 4.98 Å². The van der Waals surface area contributed by atoms with Gasteiger partial charge in [0.05, 0.1) is 11.9 Å². The molecule has 0 atom stereocenters. The van der Waals surface area contributed by atoms with Gasteiger partial charge in [0, 0.05) is 25.1 Å². The van der Waals surface area contributed by atoms with E-state index in [9.17, 15) is 0 Å². The number of hydrogen-bond donors (Lipinski definition) is 1. The van der Waals surface area contributed by atoms with Gasteiger partial charge >= 0.3 is 0 Å². The standard InChI is InChI=1S/C14H20N6/c1-3-7-20-12(9-16-19-20)11-8-13(15-4-2)18-14(17-11)10-5-6-10/h8-10H,3-7H2,1-2H3,(H,15,17,18). The molecular formula is C14H20N6. The molecule has 0 bridgehead atoms. The van der Waals surface area contributed by atoms with E-state index >= 15 is 0 Å². The Morgan fingerprint density at radius 2 is 2.15 bits per heavy atom. The van der Waals surface area contributed by atoms with Gasteiger partial charge in [-0.15, -0.1) is 5.10 Å². The Bertz CT molecular complexity index is 587. The first-order valence-electron chi connectivity index (χ1n) is 7.33. The zero-order valence-corrected chi connectivity index (χ0v) is 12.0. The van der Waals surface area contributed by atoms with Gasteiger partial charge in [0.2, 0.25) is 0 Å². The van der Waals surface area contributed by atoms with E-state index in [0.717, 1.165) is 42.5 Å². The minimum absolute atomic E-state index is 0.530. The lowest BCUT2D eigenvalue weighted by Gasteiger charge is -2.09. The topological polar surface area (TPSA) is 68.5 Å². The lowest BCUT2D eigenvalue weighted by molar-refractivity contribution is 0.583. The molecule has 1 N–H and O–H groups in total. The number of aromatic nitrogens is 5. The number of nitrogens with zero attached hydrogens (tertiary/aromatic N) is 5. The van der Waals surface area contributed by atoms with E-state index in [-0.39, 0.29) is 0 Å². The Morgan fingerprint density at radius 1 is 1.30 bits per heavy atom. The third-order valence-corrected chi connectivity index (χ3v) is 3.36. The van der Waals surface area contributed by atoms with Crippen molar-refractivity contribution in [2.45, 2.75) is 45.6 Å². The molecule has 0 aromatic carbocycles. The molecule has 1 aliphatic carbocycles. The molecule has 1 fully saturated rings. The molecule has 2 aromatic rings. The van der Waals surface area contributed by atoms with Crippen molar-refractivity contribution in [1.82, 2.24) is 25.0 Å². The summed E-state index contributed by atoms with van der Waals surface area (Å²) in [5.74, 6) is 2.37. The fraction of sp³-hybridized carbons (Fsp3) is 0.571. The molecule has 0 saturated heterocycles. The second-order valence-electron chi connectivity index (χ2n) is 5.14. The Kier molecular flexibility index (Phi) is 3.62. The van der Waals surface area contributed by atoms with E-state index in [2.05, 4.69) is 34.5 Å². The van der Waals surface area contributed by atoms with Crippen molar-refractivity contribution in [2.75, 3.05) is 11.9 Å². The van der Waals surface area contributed by atoms with Crippen molar-refractivity contribution in [2.24, 2.45) is 0 Å². The lowest BCUT2D eigenvalue weighted by atomic mass is 10.2. The van der Waals surface area contributed by atoms with Gasteiger partial charge in [0.15, 0.2) is 0 Å². The maximum Gasteiger partial charge on any atom is 0.134 e. The Labute approximate surface area is 118 Å². The minimum atomic E-state index is 0.530. The highest BCUT2D eigenvalue weighted by Gasteiger charge is 2.27. The molecule has 0 unspecified atom stereocenters. The molecule has 106 valence electrons. The Balaban J connectivity index is 2.00. The van der Waals surface area contributed by atoms with Crippen molar-refractivity contribution in [3.63, 3.8) is 0 Å². The van der Waals surface area contributed by atoms with E-state index < -0.39 is 0 Å². The van der Waals surface area contributed by atoms with Crippen LogP contribution in [0.3, 0.4) is 0 Å². The SMILES string of the molecule is CCCn1nncc1-c1cc(NCC)nc(C2CC2)n1. The van der Waals surface area contributed by atoms with Gasteiger partial charge < -0.3 is 5.32 Å². The summed E-state index contributed by atoms with van der Waals surface area (Å²) >= 11 is 0. The van der Waals surface area contributed by atoms with Crippen LogP contribution in [0, 0.1) is 0 Å². The van der Waals surface area contributed by atoms with E-state index in [1.165, 1.54) is 12.8 Å². The number of hydrogen-bond acceptors (Lipinski definition) is 5. The normalized spacial score (nSPS) is 14.5. The molecule has 6 nitrogen and oxygen atoms in total. The molecule has 0 radical (unpaired) electrons.